The van der Waals surface area contributed by atoms with Crippen LogP contribution in [0.2, 0.25) is 0 Å². The molecule has 2 aromatic rings. The van der Waals surface area contributed by atoms with Crippen LogP contribution in [-0.2, 0) is 14.8 Å². The first kappa shape index (κ1) is 23.7. The lowest BCUT2D eigenvalue weighted by Crippen LogP contribution is -2.55. The van der Waals surface area contributed by atoms with Crippen molar-refractivity contribution in [3.63, 3.8) is 0 Å². The average molecular weight is 510 g/mol. The SMILES string of the molecule is Cc1cc(N2C(=O)C3(CCC3)N(c3ccc(N4CCN(S(C)(=O)=O)CC4)cc3)C2=S)ccc1C#N. The van der Waals surface area contributed by atoms with Crippen LogP contribution in [0.15, 0.2) is 42.5 Å². The minimum Gasteiger partial charge on any atom is -0.369 e. The smallest absolute Gasteiger partial charge is 0.259 e. The van der Waals surface area contributed by atoms with Gasteiger partial charge >= 0.3 is 0 Å². The molecule has 0 bridgehead atoms. The molecule has 1 aliphatic carbocycles. The molecule has 35 heavy (non-hydrogen) atoms. The standard InChI is InChI=1S/C25H27N5O3S2/c1-18-16-22(5-4-19(18)17-26)29-23(31)25(10-3-11-25)30(24(29)34)21-8-6-20(7-9-21)27-12-14-28(15-13-27)35(2,32)33/h4-9,16H,3,10-15H2,1-2H3. The van der Waals surface area contributed by atoms with Gasteiger partial charge in [-0.1, -0.05) is 0 Å². The minimum absolute atomic E-state index is 0.0150. The van der Waals surface area contributed by atoms with E-state index in [0.717, 1.165) is 36.2 Å². The molecular weight excluding hydrogens is 482 g/mol. The monoisotopic (exact) mass is 509 g/mol. The summed E-state index contributed by atoms with van der Waals surface area (Å²) in [6.07, 6.45) is 3.70. The first-order valence-electron chi connectivity index (χ1n) is 11.7. The number of rotatable bonds is 4. The number of anilines is 3. The highest BCUT2D eigenvalue weighted by Gasteiger charge is 2.59. The fourth-order valence-electron chi connectivity index (χ4n) is 5.21. The largest absolute Gasteiger partial charge is 0.369 e. The molecule has 3 fully saturated rings. The summed E-state index contributed by atoms with van der Waals surface area (Å²) in [6.45, 7) is 4.04. The van der Waals surface area contributed by atoms with Crippen LogP contribution in [0.1, 0.15) is 30.4 Å². The Bertz CT molecular complexity index is 1340. The zero-order valence-electron chi connectivity index (χ0n) is 19.8. The van der Waals surface area contributed by atoms with Crippen molar-refractivity contribution in [2.75, 3.05) is 47.1 Å². The summed E-state index contributed by atoms with van der Waals surface area (Å²) in [5.41, 5.74) is 3.29. The molecule has 0 unspecified atom stereocenters. The Balaban J connectivity index is 1.40. The second-order valence-corrected chi connectivity index (χ2v) is 11.8. The number of sulfonamides is 1. The lowest BCUT2D eigenvalue weighted by atomic mass is 9.75. The van der Waals surface area contributed by atoms with Gasteiger partial charge < -0.3 is 9.80 Å². The number of hydrogen-bond donors (Lipinski definition) is 0. The van der Waals surface area contributed by atoms with Gasteiger partial charge in [0.25, 0.3) is 5.91 Å². The molecule has 2 saturated heterocycles. The number of nitriles is 1. The summed E-state index contributed by atoms with van der Waals surface area (Å²) in [5.74, 6) is -0.0150. The van der Waals surface area contributed by atoms with Crippen LogP contribution in [0.25, 0.3) is 0 Å². The summed E-state index contributed by atoms with van der Waals surface area (Å²) in [7, 11) is -3.17. The third kappa shape index (κ3) is 3.88. The van der Waals surface area contributed by atoms with Gasteiger partial charge in [0.15, 0.2) is 5.11 Å². The Hall–Kier alpha value is -3.00. The third-order valence-corrected chi connectivity index (χ3v) is 9.03. The average Bonchev–Trinajstić information content (AvgIpc) is 3.05. The van der Waals surface area contributed by atoms with Gasteiger partial charge in [0, 0.05) is 37.6 Å². The van der Waals surface area contributed by atoms with Gasteiger partial charge in [-0.05, 0) is 86.4 Å². The number of benzene rings is 2. The van der Waals surface area contributed by atoms with Crippen LogP contribution >= 0.6 is 12.2 Å². The van der Waals surface area contributed by atoms with E-state index < -0.39 is 15.6 Å². The highest BCUT2D eigenvalue weighted by Crippen LogP contribution is 2.48. The summed E-state index contributed by atoms with van der Waals surface area (Å²) in [5, 5.41) is 9.72. The van der Waals surface area contributed by atoms with E-state index in [1.165, 1.54) is 10.6 Å². The highest BCUT2D eigenvalue weighted by atomic mass is 32.2. The Morgan fingerprint density at radius 2 is 1.57 bits per heavy atom. The van der Waals surface area contributed by atoms with Crippen LogP contribution in [0.5, 0.6) is 0 Å². The lowest BCUT2D eigenvalue weighted by Gasteiger charge is -2.43. The predicted octanol–water partition coefficient (Wildman–Crippen LogP) is 3.01. The number of nitrogens with zero attached hydrogens (tertiary/aromatic N) is 5. The molecule has 2 heterocycles. The second-order valence-electron chi connectivity index (χ2n) is 9.42. The molecule has 0 atom stereocenters. The number of carbonyl (C=O) groups is 1. The maximum absolute atomic E-state index is 13.7. The van der Waals surface area contributed by atoms with Crippen molar-refractivity contribution in [3.8, 4) is 6.07 Å². The molecule has 2 aliphatic heterocycles. The van der Waals surface area contributed by atoms with Gasteiger partial charge in [0.2, 0.25) is 10.0 Å². The van der Waals surface area contributed by atoms with E-state index in [9.17, 15) is 18.5 Å². The number of piperazine rings is 1. The van der Waals surface area contributed by atoms with Crippen molar-refractivity contribution in [2.45, 2.75) is 31.7 Å². The van der Waals surface area contributed by atoms with Gasteiger partial charge in [0.05, 0.1) is 23.6 Å². The number of amides is 1. The summed E-state index contributed by atoms with van der Waals surface area (Å²) < 4.78 is 25.1. The van der Waals surface area contributed by atoms with E-state index in [2.05, 4.69) is 11.0 Å². The predicted molar refractivity (Wildman–Crippen MR) is 140 cm³/mol. The van der Waals surface area contributed by atoms with Crippen LogP contribution in [0.4, 0.5) is 17.1 Å². The number of hydrogen-bond acceptors (Lipinski definition) is 6. The van der Waals surface area contributed by atoms with Gasteiger partial charge in [-0.25, -0.2) is 8.42 Å². The molecule has 1 spiro atoms. The van der Waals surface area contributed by atoms with Gasteiger partial charge in [-0.3, -0.25) is 9.69 Å². The maximum atomic E-state index is 13.7. The fourth-order valence-corrected chi connectivity index (χ4v) is 6.51. The van der Waals surface area contributed by atoms with Crippen molar-refractivity contribution in [1.82, 2.24) is 4.31 Å². The van der Waals surface area contributed by atoms with E-state index >= 15 is 0 Å². The topological polar surface area (TPSA) is 88.0 Å². The zero-order chi connectivity index (χ0) is 25.0. The maximum Gasteiger partial charge on any atom is 0.259 e. The van der Waals surface area contributed by atoms with Crippen molar-refractivity contribution in [1.29, 1.82) is 5.26 Å². The van der Waals surface area contributed by atoms with E-state index in [1.54, 1.807) is 17.0 Å². The summed E-state index contributed by atoms with van der Waals surface area (Å²) in [4.78, 5) is 19.4. The van der Waals surface area contributed by atoms with Crippen molar-refractivity contribution < 1.29 is 13.2 Å². The zero-order valence-corrected chi connectivity index (χ0v) is 21.4. The lowest BCUT2D eigenvalue weighted by molar-refractivity contribution is -0.123. The minimum atomic E-state index is -3.17. The molecular formula is C25H27N5O3S2. The van der Waals surface area contributed by atoms with Crippen molar-refractivity contribution >= 4 is 50.3 Å². The Morgan fingerprint density at radius 3 is 2.09 bits per heavy atom. The second kappa shape index (κ2) is 8.59. The normalized spacial score (nSPS) is 20.3. The number of thiocarbonyl (C=S) groups is 1. The highest BCUT2D eigenvalue weighted by molar-refractivity contribution is 7.88. The summed E-state index contributed by atoms with van der Waals surface area (Å²) >= 11 is 5.86. The van der Waals surface area contributed by atoms with Gasteiger partial charge in [-0.2, -0.15) is 9.57 Å². The molecule has 0 aromatic heterocycles. The first-order chi connectivity index (χ1) is 16.7. The molecule has 8 nitrogen and oxygen atoms in total. The number of aryl methyl sites for hydroxylation is 1. The third-order valence-electron chi connectivity index (χ3n) is 7.36. The van der Waals surface area contributed by atoms with Crippen molar-refractivity contribution in [3.05, 3.63) is 53.6 Å². The molecule has 3 aliphatic rings. The summed E-state index contributed by atoms with van der Waals surface area (Å²) in [6, 6.07) is 15.5. The first-order valence-corrected chi connectivity index (χ1v) is 13.9. The molecule has 10 heteroatoms. The van der Waals surface area contributed by atoms with Gasteiger partial charge in [-0.15, -0.1) is 0 Å². The Kier molecular flexibility index (Phi) is 5.82. The van der Waals surface area contributed by atoms with Gasteiger partial charge in [0.1, 0.15) is 5.54 Å². The van der Waals surface area contributed by atoms with E-state index in [-0.39, 0.29) is 5.91 Å². The Morgan fingerprint density at radius 1 is 0.971 bits per heavy atom. The van der Waals surface area contributed by atoms with E-state index in [0.29, 0.717) is 42.5 Å². The molecule has 1 amide bonds. The van der Waals surface area contributed by atoms with Crippen LogP contribution < -0.4 is 14.7 Å². The molecule has 5 rings (SSSR count). The number of carbonyl (C=O) groups excluding carboxylic acids is 1. The fraction of sp³-hybridized carbons (Fsp3) is 0.400. The van der Waals surface area contributed by atoms with E-state index in [1.807, 2.05) is 42.2 Å². The van der Waals surface area contributed by atoms with Crippen molar-refractivity contribution in [2.24, 2.45) is 0 Å². The van der Waals surface area contributed by atoms with E-state index in [4.69, 9.17) is 12.2 Å². The molecule has 1 saturated carbocycles. The van der Waals surface area contributed by atoms with Crippen LogP contribution in [0, 0.1) is 18.3 Å². The van der Waals surface area contributed by atoms with Crippen LogP contribution in [0.3, 0.4) is 0 Å². The molecule has 0 N–H and O–H groups in total. The quantitative estimate of drug-likeness (QED) is 0.586. The molecule has 0 radical (unpaired) electrons. The molecule has 2 aromatic carbocycles. The Labute approximate surface area is 211 Å². The van der Waals surface area contributed by atoms with Crippen LogP contribution in [-0.4, -0.2) is 61.7 Å². The molecule has 182 valence electrons.